The maximum absolute atomic E-state index is 6.93. The third kappa shape index (κ3) is 3.33. The summed E-state index contributed by atoms with van der Waals surface area (Å²) >= 11 is 0. The van der Waals surface area contributed by atoms with Gasteiger partial charge < -0.3 is 14.5 Å². The lowest BCUT2D eigenvalue weighted by atomic mass is 9.69. The van der Waals surface area contributed by atoms with Crippen LogP contribution in [-0.2, 0) is 9.47 Å². The zero-order valence-electron chi connectivity index (χ0n) is 17.9. The number of fused-ring (bicyclic) bond motifs is 5. The van der Waals surface area contributed by atoms with Crippen molar-refractivity contribution >= 4 is 8.24 Å². The molecule has 0 radical (unpaired) electrons. The van der Waals surface area contributed by atoms with Crippen molar-refractivity contribution in [2.24, 2.45) is 23.7 Å². The van der Waals surface area contributed by atoms with Crippen LogP contribution in [0.2, 0.25) is 18.6 Å². The van der Waals surface area contributed by atoms with Gasteiger partial charge in [0.25, 0.3) is 0 Å². The Labute approximate surface area is 162 Å². The highest BCUT2D eigenvalue weighted by Gasteiger charge is 2.64. The molecular formula is C22H41NO2Si. The first kappa shape index (κ1) is 19.4. The Hall–Kier alpha value is 0.0969. The molecule has 3 aliphatic carbocycles. The van der Waals surface area contributed by atoms with Gasteiger partial charge in [0.2, 0.25) is 0 Å². The van der Waals surface area contributed by atoms with Gasteiger partial charge >= 0.3 is 0 Å². The van der Waals surface area contributed by atoms with Crippen LogP contribution in [0.1, 0.15) is 65.7 Å². The second-order valence-electron chi connectivity index (χ2n) is 11.3. The summed E-state index contributed by atoms with van der Waals surface area (Å²) in [5.74, 6) is 3.38. The van der Waals surface area contributed by atoms with Crippen LogP contribution in [0, 0.1) is 23.7 Å². The quantitative estimate of drug-likeness (QED) is 0.702. The van der Waals surface area contributed by atoms with Crippen molar-refractivity contribution in [1.82, 2.24) is 4.98 Å². The van der Waals surface area contributed by atoms with Crippen LogP contribution in [0.15, 0.2) is 0 Å². The van der Waals surface area contributed by atoms with Gasteiger partial charge in [-0.2, -0.15) is 0 Å². The van der Waals surface area contributed by atoms with E-state index >= 15 is 0 Å². The largest absolute Gasteiger partial charge is 0.381 e. The van der Waals surface area contributed by atoms with Crippen molar-refractivity contribution in [3.05, 3.63) is 0 Å². The fourth-order valence-electron chi connectivity index (χ4n) is 7.70. The SMILES string of the molecule is COC1CCC2OC3C(C2C1)C1CCCCC1C3[Si](C)(C)NC(C)(C)C. The van der Waals surface area contributed by atoms with Gasteiger partial charge in [0, 0.05) is 12.6 Å². The lowest BCUT2D eigenvalue weighted by Gasteiger charge is -2.44. The third-order valence-electron chi connectivity index (χ3n) is 8.04. The summed E-state index contributed by atoms with van der Waals surface area (Å²) < 4.78 is 12.7. The van der Waals surface area contributed by atoms with Gasteiger partial charge in [-0.25, -0.2) is 0 Å². The van der Waals surface area contributed by atoms with E-state index in [1.165, 1.54) is 44.9 Å². The molecule has 26 heavy (non-hydrogen) atoms. The smallest absolute Gasteiger partial charge is 0.125 e. The zero-order valence-corrected chi connectivity index (χ0v) is 18.9. The molecule has 3 nitrogen and oxygen atoms in total. The van der Waals surface area contributed by atoms with Gasteiger partial charge in [-0.05, 0) is 75.7 Å². The van der Waals surface area contributed by atoms with Crippen LogP contribution in [0.3, 0.4) is 0 Å². The first-order valence-electron chi connectivity index (χ1n) is 11.2. The fourth-order valence-corrected chi connectivity index (χ4v) is 12.4. The topological polar surface area (TPSA) is 30.5 Å². The second kappa shape index (κ2) is 6.86. The highest BCUT2D eigenvalue weighted by atomic mass is 28.3. The molecular weight excluding hydrogens is 338 g/mol. The Morgan fingerprint density at radius 2 is 1.65 bits per heavy atom. The van der Waals surface area contributed by atoms with E-state index in [0.29, 0.717) is 18.3 Å². The summed E-state index contributed by atoms with van der Waals surface area (Å²) in [5.41, 5.74) is 0.980. The Kier molecular flexibility index (Phi) is 5.12. The summed E-state index contributed by atoms with van der Waals surface area (Å²) in [4.78, 5) is 4.12. The summed E-state index contributed by atoms with van der Waals surface area (Å²) in [7, 11) is 0.310. The molecule has 1 aliphatic heterocycles. The maximum Gasteiger partial charge on any atom is 0.125 e. The molecule has 1 saturated heterocycles. The lowest BCUT2D eigenvalue weighted by Crippen LogP contribution is -2.59. The molecule has 4 heteroatoms. The van der Waals surface area contributed by atoms with Crippen LogP contribution in [0.25, 0.3) is 0 Å². The minimum atomic E-state index is -1.60. The van der Waals surface area contributed by atoms with Crippen molar-refractivity contribution in [3.63, 3.8) is 0 Å². The molecule has 4 fully saturated rings. The molecule has 8 atom stereocenters. The summed E-state index contributed by atoms with van der Waals surface area (Å²) in [6.07, 6.45) is 10.9. The van der Waals surface area contributed by atoms with E-state index in [1.54, 1.807) is 0 Å². The molecule has 0 amide bonds. The molecule has 150 valence electrons. The zero-order chi connectivity index (χ0) is 18.7. The van der Waals surface area contributed by atoms with Crippen molar-refractivity contribution < 1.29 is 9.47 Å². The predicted octanol–water partition coefficient (Wildman–Crippen LogP) is 4.97. The third-order valence-corrected chi connectivity index (χ3v) is 11.9. The molecule has 0 aromatic rings. The molecule has 0 bridgehead atoms. The lowest BCUT2D eigenvalue weighted by molar-refractivity contribution is -0.0284. The van der Waals surface area contributed by atoms with Crippen LogP contribution in [0.5, 0.6) is 0 Å². The van der Waals surface area contributed by atoms with Crippen molar-refractivity contribution in [2.75, 3.05) is 7.11 Å². The summed E-state index contributed by atoms with van der Waals surface area (Å²) in [6, 6.07) is 0. The van der Waals surface area contributed by atoms with E-state index in [0.717, 1.165) is 29.2 Å². The van der Waals surface area contributed by atoms with E-state index in [9.17, 15) is 0 Å². The van der Waals surface area contributed by atoms with Gasteiger partial charge in [-0.15, -0.1) is 0 Å². The first-order valence-corrected chi connectivity index (χ1v) is 14.3. The Morgan fingerprint density at radius 1 is 0.962 bits per heavy atom. The Morgan fingerprint density at radius 3 is 2.31 bits per heavy atom. The molecule has 4 rings (SSSR count). The van der Waals surface area contributed by atoms with Crippen molar-refractivity contribution in [1.29, 1.82) is 0 Å². The van der Waals surface area contributed by atoms with Crippen LogP contribution < -0.4 is 4.98 Å². The fraction of sp³-hybridized carbons (Fsp3) is 1.00. The molecule has 3 saturated carbocycles. The molecule has 1 N–H and O–H groups in total. The molecule has 0 aromatic heterocycles. The number of methoxy groups -OCH3 is 1. The monoisotopic (exact) mass is 379 g/mol. The van der Waals surface area contributed by atoms with Gasteiger partial charge in [-0.1, -0.05) is 32.4 Å². The molecule has 8 unspecified atom stereocenters. The van der Waals surface area contributed by atoms with Gasteiger partial charge in [0.1, 0.15) is 8.24 Å². The average molecular weight is 380 g/mol. The number of ether oxygens (including phenoxy) is 2. The summed E-state index contributed by atoms with van der Waals surface area (Å²) in [6.45, 7) is 12.2. The van der Waals surface area contributed by atoms with E-state index in [-0.39, 0.29) is 5.54 Å². The number of rotatable bonds is 3. The van der Waals surface area contributed by atoms with Gasteiger partial charge in [0.05, 0.1) is 18.3 Å². The Balaban J connectivity index is 1.63. The van der Waals surface area contributed by atoms with Gasteiger partial charge in [-0.3, -0.25) is 0 Å². The molecule has 1 heterocycles. The Bertz CT molecular complexity index is 517. The predicted molar refractivity (Wildman–Crippen MR) is 110 cm³/mol. The normalized spacial score (nSPS) is 45.9. The minimum Gasteiger partial charge on any atom is -0.381 e. The second-order valence-corrected chi connectivity index (χ2v) is 15.6. The number of hydrogen-bond acceptors (Lipinski definition) is 3. The van der Waals surface area contributed by atoms with E-state index in [2.05, 4.69) is 38.8 Å². The standard InChI is InChI=1S/C22H41NO2Si/c1-22(2,3)23-26(5,6)21-16-10-8-7-9-15(16)19-17-13-14(24-4)11-12-18(17)25-20(19)21/h14-21,23H,7-13H2,1-6H3. The van der Waals surface area contributed by atoms with E-state index in [4.69, 9.17) is 9.47 Å². The number of nitrogens with one attached hydrogen (secondary N) is 1. The highest BCUT2D eigenvalue weighted by molar-refractivity contribution is 6.76. The molecule has 4 aliphatic rings. The van der Waals surface area contributed by atoms with E-state index in [1.807, 2.05) is 7.11 Å². The van der Waals surface area contributed by atoms with Crippen molar-refractivity contribution in [3.8, 4) is 0 Å². The maximum atomic E-state index is 6.93. The van der Waals surface area contributed by atoms with Gasteiger partial charge in [0.15, 0.2) is 0 Å². The molecule has 0 spiro atoms. The summed E-state index contributed by atoms with van der Waals surface area (Å²) in [5, 5.41) is 0. The van der Waals surface area contributed by atoms with Crippen LogP contribution in [0.4, 0.5) is 0 Å². The highest BCUT2D eigenvalue weighted by Crippen LogP contribution is 2.63. The minimum absolute atomic E-state index is 0.199. The van der Waals surface area contributed by atoms with Crippen LogP contribution in [-0.4, -0.2) is 39.2 Å². The van der Waals surface area contributed by atoms with Crippen molar-refractivity contribution in [2.45, 2.75) is 108 Å². The average Bonchev–Trinajstić information content (AvgIpc) is 3.05. The number of hydrogen-bond donors (Lipinski definition) is 1. The molecule has 0 aromatic carbocycles. The van der Waals surface area contributed by atoms with Crippen LogP contribution >= 0.6 is 0 Å². The first-order chi connectivity index (χ1) is 12.2. The van der Waals surface area contributed by atoms with E-state index < -0.39 is 8.24 Å².